The number of hydrogen-bond donors (Lipinski definition) is 0. The smallest absolute Gasteiger partial charge is 0.222 e. The van der Waals surface area contributed by atoms with Gasteiger partial charge in [0.15, 0.2) is 11.5 Å². The summed E-state index contributed by atoms with van der Waals surface area (Å²) in [5.41, 5.74) is 0. The van der Waals surface area contributed by atoms with Crippen LogP contribution in [0.4, 0.5) is 0 Å². The van der Waals surface area contributed by atoms with E-state index in [1.165, 1.54) is 0 Å². The van der Waals surface area contributed by atoms with E-state index in [9.17, 15) is 9.59 Å². The second kappa shape index (κ2) is 2.66. The van der Waals surface area contributed by atoms with E-state index in [2.05, 4.69) is 4.29 Å². The van der Waals surface area contributed by atoms with Crippen LogP contribution in [-0.4, -0.2) is 11.6 Å². The summed E-state index contributed by atoms with van der Waals surface area (Å²) in [4.78, 5) is 21.2. The molecule has 0 bridgehead atoms. The van der Waals surface area contributed by atoms with Crippen LogP contribution in [0.2, 0.25) is 0 Å². The van der Waals surface area contributed by atoms with Crippen molar-refractivity contribution in [1.29, 1.82) is 0 Å². The number of rotatable bonds is 1. The van der Waals surface area contributed by atoms with Gasteiger partial charge in [-0.05, 0) is 12.2 Å². The minimum atomic E-state index is -0.394. The molecule has 1 aliphatic rings. The number of hydrogen-bond acceptors (Lipinski definition) is 3. The Morgan fingerprint density at radius 3 is 2.50 bits per heavy atom. The van der Waals surface area contributed by atoms with Crippen molar-refractivity contribution < 1.29 is 13.9 Å². The molecule has 0 heterocycles. The Labute approximate surface area is 62.1 Å². The predicted octanol–water partition coefficient (Wildman–Crippen LogP) is 0.749. The standard InChI is InChI=1S/C6H3ClO3/c7-10-6-3-4(8)1-2-5(6)9/h1-3H. The van der Waals surface area contributed by atoms with Gasteiger partial charge in [0.25, 0.3) is 0 Å². The third-order valence-electron chi connectivity index (χ3n) is 0.998. The van der Waals surface area contributed by atoms with Crippen LogP contribution in [-0.2, 0) is 13.9 Å². The Balaban J connectivity index is 2.89. The zero-order chi connectivity index (χ0) is 7.56. The Morgan fingerprint density at radius 2 is 2.00 bits per heavy atom. The summed E-state index contributed by atoms with van der Waals surface area (Å²) >= 11 is 4.87. The topological polar surface area (TPSA) is 43.4 Å². The molecule has 0 aromatic rings. The van der Waals surface area contributed by atoms with E-state index >= 15 is 0 Å². The fourth-order valence-electron chi connectivity index (χ4n) is 0.549. The van der Waals surface area contributed by atoms with E-state index in [0.717, 1.165) is 18.2 Å². The molecule has 0 aromatic carbocycles. The van der Waals surface area contributed by atoms with E-state index in [0.29, 0.717) is 0 Å². The molecular weight excluding hydrogens is 156 g/mol. The molecule has 0 atom stereocenters. The van der Waals surface area contributed by atoms with Gasteiger partial charge in [0.05, 0.1) is 0 Å². The first kappa shape index (κ1) is 7.02. The lowest BCUT2D eigenvalue weighted by atomic mass is 10.1. The van der Waals surface area contributed by atoms with E-state index in [4.69, 9.17) is 11.9 Å². The van der Waals surface area contributed by atoms with Crippen molar-refractivity contribution in [3.8, 4) is 0 Å². The van der Waals surface area contributed by atoms with Crippen molar-refractivity contribution in [2.75, 3.05) is 0 Å². The van der Waals surface area contributed by atoms with Gasteiger partial charge in [0, 0.05) is 6.08 Å². The summed E-state index contributed by atoms with van der Waals surface area (Å²) in [5, 5.41) is 0. The first-order valence-corrected chi connectivity index (χ1v) is 2.81. The van der Waals surface area contributed by atoms with E-state index in [1.807, 2.05) is 0 Å². The molecule has 52 valence electrons. The molecule has 4 heteroatoms. The summed E-state index contributed by atoms with van der Waals surface area (Å²) in [6, 6.07) is 0. The van der Waals surface area contributed by atoms with Crippen molar-refractivity contribution in [1.82, 2.24) is 0 Å². The maximum absolute atomic E-state index is 10.7. The first-order valence-electron chi connectivity index (χ1n) is 2.50. The third-order valence-corrected chi connectivity index (χ3v) is 1.16. The number of halogens is 1. The van der Waals surface area contributed by atoms with Crippen LogP contribution in [0.3, 0.4) is 0 Å². The zero-order valence-electron chi connectivity index (χ0n) is 4.83. The molecule has 0 saturated heterocycles. The highest BCUT2D eigenvalue weighted by Crippen LogP contribution is 2.07. The quantitative estimate of drug-likeness (QED) is 0.529. The fraction of sp³-hybridized carbons (Fsp3) is 0. The molecule has 1 aliphatic carbocycles. The summed E-state index contributed by atoms with van der Waals surface area (Å²) in [6.07, 6.45) is 3.30. The molecule has 0 saturated carbocycles. The van der Waals surface area contributed by atoms with Gasteiger partial charge in [0.2, 0.25) is 5.78 Å². The van der Waals surface area contributed by atoms with Crippen LogP contribution in [0.25, 0.3) is 0 Å². The van der Waals surface area contributed by atoms with Crippen molar-refractivity contribution in [3.63, 3.8) is 0 Å². The number of carbonyl (C=O) groups excluding carboxylic acids is 2. The molecule has 1 rings (SSSR count). The average molecular weight is 159 g/mol. The lowest BCUT2D eigenvalue weighted by Gasteiger charge is -1.99. The highest BCUT2D eigenvalue weighted by molar-refractivity contribution is 6.19. The van der Waals surface area contributed by atoms with Gasteiger partial charge in [0.1, 0.15) is 11.9 Å². The Kier molecular flexibility index (Phi) is 1.87. The number of allylic oxidation sites excluding steroid dienone is 3. The zero-order valence-corrected chi connectivity index (χ0v) is 5.59. The fourth-order valence-corrected chi connectivity index (χ4v) is 0.669. The lowest BCUT2D eigenvalue weighted by molar-refractivity contribution is -0.116. The van der Waals surface area contributed by atoms with E-state index < -0.39 is 5.78 Å². The van der Waals surface area contributed by atoms with E-state index in [-0.39, 0.29) is 11.5 Å². The molecule has 0 aromatic heterocycles. The Hall–Kier alpha value is -1.09. The van der Waals surface area contributed by atoms with Gasteiger partial charge in [-0.1, -0.05) is 0 Å². The summed E-state index contributed by atoms with van der Waals surface area (Å²) in [5.74, 6) is -0.820. The molecule has 0 fully saturated rings. The predicted molar refractivity (Wildman–Crippen MR) is 34.2 cm³/mol. The minimum Gasteiger partial charge on any atom is -0.381 e. The summed E-state index contributed by atoms with van der Waals surface area (Å²) < 4.78 is 4.09. The molecule has 3 nitrogen and oxygen atoms in total. The van der Waals surface area contributed by atoms with Crippen LogP contribution < -0.4 is 0 Å². The van der Waals surface area contributed by atoms with E-state index in [1.54, 1.807) is 0 Å². The van der Waals surface area contributed by atoms with Gasteiger partial charge < -0.3 is 4.29 Å². The molecule has 0 N–H and O–H groups in total. The van der Waals surface area contributed by atoms with Crippen LogP contribution in [0.1, 0.15) is 0 Å². The summed E-state index contributed by atoms with van der Waals surface area (Å²) in [6.45, 7) is 0. The second-order valence-corrected chi connectivity index (χ2v) is 1.84. The molecule has 0 radical (unpaired) electrons. The lowest BCUT2D eigenvalue weighted by Crippen LogP contribution is -2.06. The minimum absolute atomic E-state index is 0.130. The van der Waals surface area contributed by atoms with Crippen LogP contribution >= 0.6 is 11.9 Å². The molecule has 10 heavy (non-hydrogen) atoms. The largest absolute Gasteiger partial charge is 0.381 e. The van der Waals surface area contributed by atoms with Crippen molar-refractivity contribution in [2.45, 2.75) is 0 Å². The Morgan fingerprint density at radius 1 is 1.30 bits per heavy atom. The molecular formula is C6H3ClO3. The van der Waals surface area contributed by atoms with Crippen LogP contribution in [0.5, 0.6) is 0 Å². The van der Waals surface area contributed by atoms with Crippen LogP contribution in [0.15, 0.2) is 24.0 Å². The molecule has 0 aliphatic heterocycles. The van der Waals surface area contributed by atoms with Gasteiger partial charge in [-0.3, -0.25) is 9.59 Å². The highest BCUT2D eigenvalue weighted by Gasteiger charge is 2.13. The van der Waals surface area contributed by atoms with Gasteiger partial charge in [-0.2, -0.15) is 0 Å². The van der Waals surface area contributed by atoms with Crippen molar-refractivity contribution >= 4 is 23.4 Å². The van der Waals surface area contributed by atoms with Crippen LogP contribution in [0, 0.1) is 0 Å². The summed E-state index contributed by atoms with van der Waals surface area (Å²) in [7, 11) is 0. The first-order chi connectivity index (χ1) is 4.74. The van der Waals surface area contributed by atoms with Crippen molar-refractivity contribution in [3.05, 3.63) is 24.0 Å². The molecule has 0 amide bonds. The highest BCUT2D eigenvalue weighted by atomic mass is 35.5. The normalized spacial score (nSPS) is 17.1. The third kappa shape index (κ3) is 1.25. The number of ketones is 2. The maximum atomic E-state index is 10.7. The maximum Gasteiger partial charge on any atom is 0.222 e. The second-order valence-electron chi connectivity index (χ2n) is 1.69. The molecule has 0 unspecified atom stereocenters. The van der Waals surface area contributed by atoms with Gasteiger partial charge >= 0.3 is 0 Å². The SMILES string of the molecule is O=C1C=CC(=O)C(OCl)=C1. The number of carbonyl (C=O) groups is 2. The monoisotopic (exact) mass is 158 g/mol. The Bertz CT molecular complexity index is 239. The van der Waals surface area contributed by atoms with Gasteiger partial charge in [-0.15, -0.1) is 0 Å². The van der Waals surface area contributed by atoms with Gasteiger partial charge in [-0.25, -0.2) is 0 Å². The molecule has 0 spiro atoms. The van der Waals surface area contributed by atoms with Crippen molar-refractivity contribution in [2.24, 2.45) is 0 Å². The average Bonchev–Trinajstić information content (AvgIpc) is 1.94.